The van der Waals surface area contributed by atoms with Crippen LogP contribution in [0, 0.1) is 10.7 Å². The van der Waals surface area contributed by atoms with E-state index in [-0.39, 0.29) is 11.9 Å². The third-order valence-corrected chi connectivity index (χ3v) is 6.09. The zero-order chi connectivity index (χ0) is 16.5. The molecule has 22 heavy (non-hydrogen) atoms. The van der Waals surface area contributed by atoms with Gasteiger partial charge in [-0.25, -0.2) is 0 Å². The molecule has 1 unspecified atom stereocenters. The Bertz CT molecular complexity index is 735. The molecule has 4 nitrogen and oxygen atoms in total. The summed E-state index contributed by atoms with van der Waals surface area (Å²) in [6, 6.07) is 8.76. The second-order valence-electron chi connectivity index (χ2n) is 4.81. The summed E-state index contributed by atoms with van der Waals surface area (Å²) in [4.78, 5) is 9.51. The average molecular weight is 656 g/mol. The number of phenolic OH excluding ortho intramolecular Hbond substituents is 1. The fourth-order valence-corrected chi connectivity index (χ4v) is 5.27. The quantitative estimate of drug-likeness (QED) is 0.342. The molecule has 8 heteroatoms. The first-order chi connectivity index (χ1) is 10.2. The van der Waals surface area contributed by atoms with Crippen molar-refractivity contribution < 1.29 is 19.3 Å². The van der Waals surface area contributed by atoms with Gasteiger partial charge >= 0.3 is 0 Å². The van der Waals surface area contributed by atoms with Gasteiger partial charge in [0.2, 0.25) is 7.37 Å². The Morgan fingerprint density at radius 1 is 1.09 bits per heavy atom. The molecule has 0 aliphatic heterocycles. The van der Waals surface area contributed by atoms with Crippen LogP contribution in [0.15, 0.2) is 30.3 Å². The summed E-state index contributed by atoms with van der Waals surface area (Å²) < 4.78 is 19.9. The van der Waals surface area contributed by atoms with Crippen molar-refractivity contribution in [2.24, 2.45) is 0 Å². The predicted molar refractivity (Wildman–Crippen MR) is 112 cm³/mol. The van der Waals surface area contributed by atoms with Gasteiger partial charge in [0, 0.05) is 12.8 Å². The average Bonchev–Trinajstić information content (AvgIpc) is 2.36. The van der Waals surface area contributed by atoms with Crippen LogP contribution in [-0.4, -0.2) is 16.7 Å². The summed E-state index contributed by atoms with van der Waals surface area (Å²) in [6.45, 7) is 1.36. The molecule has 0 aliphatic rings. The van der Waals surface area contributed by atoms with Gasteiger partial charge in [-0.3, -0.25) is 4.57 Å². The van der Waals surface area contributed by atoms with Gasteiger partial charge in [0.1, 0.15) is 11.5 Å². The maximum absolute atomic E-state index is 11.5. The van der Waals surface area contributed by atoms with Crippen LogP contribution in [0.5, 0.6) is 17.2 Å². The van der Waals surface area contributed by atoms with E-state index in [1.54, 1.807) is 18.2 Å². The van der Waals surface area contributed by atoms with Crippen LogP contribution in [0.2, 0.25) is 0 Å². The highest BCUT2D eigenvalue weighted by atomic mass is 127. The standard InChI is InChI=1S/C14H12I3O4P/c1-22(19,20)7-8-4-11(16)14(12(17)5-8)21-9-2-3-13(18)10(15)6-9/h2-6,18H,7H2,1H3,(H,19,20). The zero-order valence-corrected chi connectivity index (χ0v) is 18.8. The van der Waals surface area contributed by atoms with E-state index < -0.39 is 7.37 Å². The van der Waals surface area contributed by atoms with Gasteiger partial charge in [-0.15, -0.1) is 0 Å². The van der Waals surface area contributed by atoms with Crippen molar-refractivity contribution in [2.45, 2.75) is 6.16 Å². The smallest absolute Gasteiger partial charge is 0.201 e. The molecule has 0 heterocycles. The van der Waals surface area contributed by atoms with Crippen molar-refractivity contribution in [1.29, 1.82) is 0 Å². The third-order valence-electron chi connectivity index (χ3n) is 2.67. The normalized spacial score (nSPS) is 13.7. The number of aromatic hydroxyl groups is 1. The first-order valence-electron chi connectivity index (χ1n) is 6.09. The van der Waals surface area contributed by atoms with E-state index in [4.69, 9.17) is 4.74 Å². The van der Waals surface area contributed by atoms with Crippen molar-refractivity contribution >= 4 is 75.1 Å². The summed E-state index contributed by atoms with van der Waals surface area (Å²) >= 11 is 6.34. The van der Waals surface area contributed by atoms with Crippen LogP contribution >= 0.6 is 75.1 Å². The van der Waals surface area contributed by atoms with Gasteiger partial charge in [-0.05, 0) is 104 Å². The molecule has 1 atom stereocenters. The molecule has 2 rings (SSSR count). The molecule has 118 valence electrons. The van der Waals surface area contributed by atoms with Crippen molar-refractivity contribution in [3.8, 4) is 17.2 Å². The molecule has 0 aromatic heterocycles. The van der Waals surface area contributed by atoms with Crippen LogP contribution < -0.4 is 4.74 Å². The fraction of sp³-hybridized carbons (Fsp3) is 0.143. The Hall–Kier alpha value is 0.420. The van der Waals surface area contributed by atoms with E-state index in [2.05, 4.69) is 45.2 Å². The molecule has 0 saturated heterocycles. The number of hydrogen-bond donors (Lipinski definition) is 2. The summed E-state index contributed by atoms with van der Waals surface area (Å²) in [6.07, 6.45) is 0.149. The van der Waals surface area contributed by atoms with Crippen molar-refractivity contribution in [2.75, 3.05) is 6.66 Å². The minimum Gasteiger partial charge on any atom is -0.507 e. The van der Waals surface area contributed by atoms with Crippen molar-refractivity contribution in [1.82, 2.24) is 0 Å². The number of rotatable bonds is 4. The van der Waals surface area contributed by atoms with E-state index in [1.165, 1.54) is 6.66 Å². The van der Waals surface area contributed by atoms with Crippen LogP contribution in [0.25, 0.3) is 0 Å². The summed E-state index contributed by atoms with van der Waals surface area (Å²) in [5, 5.41) is 9.55. The van der Waals surface area contributed by atoms with E-state index in [1.807, 2.05) is 34.7 Å². The maximum Gasteiger partial charge on any atom is 0.201 e. The Kier molecular flexibility index (Phi) is 6.43. The van der Waals surface area contributed by atoms with Crippen LogP contribution in [-0.2, 0) is 10.7 Å². The van der Waals surface area contributed by atoms with Crippen molar-refractivity contribution in [3.05, 3.63) is 46.6 Å². The van der Waals surface area contributed by atoms with E-state index >= 15 is 0 Å². The highest BCUT2D eigenvalue weighted by Gasteiger charge is 2.16. The number of benzene rings is 2. The highest BCUT2D eigenvalue weighted by molar-refractivity contribution is 14.1. The first-order valence-corrected chi connectivity index (χ1v) is 11.6. The summed E-state index contributed by atoms with van der Waals surface area (Å²) in [5.41, 5.74) is 0.815. The molecule has 2 aromatic rings. The lowest BCUT2D eigenvalue weighted by molar-refractivity contribution is 0.458. The number of ether oxygens (including phenoxy) is 1. The van der Waals surface area contributed by atoms with Gasteiger partial charge in [0.05, 0.1) is 10.7 Å². The third kappa shape index (κ3) is 5.22. The molecule has 0 spiro atoms. The minimum absolute atomic E-state index is 0.149. The molecule has 0 saturated carbocycles. The SMILES string of the molecule is CP(=O)(O)Cc1cc(I)c(Oc2ccc(O)c(I)c2)c(I)c1. The van der Waals surface area contributed by atoms with Gasteiger partial charge in [-0.2, -0.15) is 0 Å². The molecule has 0 bridgehead atoms. The molecule has 2 N–H and O–H groups in total. The zero-order valence-electron chi connectivity index (χ0n) is 11.4. The molecule has 0 aliphatic carbocycles. The van der Waals surface area contributed by atoms with Gasteiger partial charge in [0.25, 0.3) is 0 Å². The predicted octanol–water partition coefficient (Wildman–Crippen LogP) is 5.40. The fourth-order valence-electron chi connectivity index (χ4n) is 1.81. The lowest BCUT2D eigenvalue weighted by Crippen LogP contribution is -1.95. The lowest BCUT2D eigenvalue weighted by atomic mass is 10.2. The number of halogens is 3. The second-order valence-corrected chi connectivity index (χ2v) is 10.7. The topological polar surface area (TPSA) is 66.8 Å². The number of phenols is 1. The molecule has 0 fully saturated rings. The Balaban J connectivity index is 2.32. The second kappa shape index (κ2) is 7.54. The molecular weight excluding hydrogens is 644 g/mol. The van der Waals surface area contributed by atoms with E-state index in [9.17, 15) is 14.6 Å². The summed E-state index contributed by atoms with van der Waals surface area (Å²) in [7, 11) is -3.10. The van der Waals surface area contributed by atoms with E-state index in [0.717, 1.165) is 12.7 Å². The molecular formula is C14H12I3O4P. The summed E-state index contributed by atoms with van der Waals surface area (Å²) in [5.74, 6) is 1.55. The van der Waals surface area contributed by atoms with Gasteiger partial charge < -0.3 is 14.7 Å². The Morgan fingerprint density at radius 2 is 1.68 bits per heavy atom. The Morgan fingerprint density at radius 3 is 2.18 bits per heavy atom. The van der Waals surface area contributed by atoms with E-state index in [0.29, 0.717) is 15.1 Å². The number of hydrogen-bond acceptors (Lipinski definition) is 3. The monoisotopic (exact) mass is 656 g/mol. The van der Waals surface area contributed by atoms with Crippen LogP contribution in [0.1, 0.15) is 5.56 Å². The molecule has 0 amide bonds. The Labute approximate surface area is 169 Å². The largest absolute Gasteiger partial charge is 0.507 e. The minimum atomic E-state index is -3.10. The molecule has 2 aromatic carbocycles. The van der Waals surface area contributed by atoms with Gasteiger partial charge in [0.15, 0.2) is 5.75 Å². The van der Waals surface area contributed by atoms with Crippen LogP contribution in [0.3, 0.4) is 0 Å². The lowest BCUT2D eigenvalue weighted by Gasteiger charge is -2.13. The van der Waals surface area contributed by atoms with Crippen LogP contribution in [0.4, 0.5) is 0 Å². The van der Waals surface area contributed by atoms with Gasteiger partial charge in [-0.1, -0.05) is 0 Å². The first kappa shape index (κ1) is 18.8. The van der Waals surface area contributed by atoms with Crippen molar-refractivity contribution in [3.63, 3.8) is 0 Å². The maximum atomic E-state index is 11.5. The molecule has 0 radical (unpaired) electrons. The highest BCUT2D eigenvalue weighted by Crippen LogP contribution is 2.42.